The minimum atomic E-state index is -0.251. The van der Waals surface area contributed by atoms with Gasteiger partial charge in [-0.3, -0.25) is 4.79 Å². The van der Waals surface area contributed by atoms with Crippen molar-refractivity contribution in [1.82, 2.24) is 15.0 Å². The third-order valence-corrected chi connectivity index (χ3v) is 5.46. The average Bonchev–Trinajstić information content (AvgIpc) is 3.06. The molecule has 0 saturated heterocycles. The van der Waals surface area contributed by atoms with Gasteiger partial charge in [0.1, 0.15) is 16.5 Å². The predicted molar refractivity (Wildman–Crippen MR) is 114 cm³/mol. The second-order valence-corrected chi connectivity index (χ2v) is 7.67. The topological polar surface area (TPSA) is 79.8 Å². The summed E-state index contributed by atoms with van der Waals surface area (Å²) < 4.78 is 0.790. The highest BCUT2D eigenvalue weighted by atomic mass is 127. The molecule has 3 aromatic rings. The van der Waals surface area contributed by atoms with Gasteiger partial charge in [-0.15, -0.1) is 0 Å². The van der Waals surface area contributed by atoms with Gasteiger partial charge in [0.15, 0.2) is 5.13 Å². The summed E-state index contributed by atoms with van der Waals surface area (Å²) in [4.78, 5) is 25.9. The van der Waals surface area contributed by atoms with Crippen molar-refractivity contribution < 1.29 is 4.79 Å². The number of nitrogens with one attached hydrogen (secondary N) is 2. The molecule has 26 heavy (non-hydrogen) atoms. The molecule has 2 heterocycles. The number of nitrogens with zero attached hydrogens (tertiary/aromatic N) is 3. The van der Waals surface area contributed by atoms with Gasteiger partial charge >= 0.3 is 0 Å². The predicted octanol–water partition coefficient (Wildman–Crippen LogP) is 5.13. The van der Waals surface area contributed by atoms with E-state index in [-0.39, 0.29) is 5.91 Å². The Kier molecular flexibility index (Phi) is 6.05. The molecule has 0 saturated carbocycles. The van der Waals surface area contributed by atoms with Crippen LogP contribution in [0.3, 0.4) is 0 Å². The van der Waals surface area contributed by atoms with Crippen molar-refractivity contribution in [2.75, 3.05) is 10.6 Å². The van der Waals surface area contributed by atoms with E-state index in [1.165, 1.54) is 17.5 Å². The van der Waals surface area contributed by atoms with Crippen molar-refractivity contribution in [3.8, 4) is 0 Å². The number of thiazole rings is 1. The SMILES string of the molecule is Cc1nc(CI)cc(Nc2ncc(C(=O)Nc3c(C)cccc3Cl)s2)n1. The van der Waals surface area contributed by atoms with Crippen LogP contribution in [0, 0.1) is 13.8 Å². The van der Waals surface area contributed by atoms with Gasteiger partial charge in [0.2, 0.25) is 0 Å². The first-order valence-electron chi connectivity index (χ1n) is 7.66. The fourth-order valence-corrected chi connectivity index (χ4v) is 3.65. The maximum absolute atomic E-state index is 12.5. The molecule has 0 aliphatic carbocycles. The fraction of sp³-hybridized carbons (Fsp3) is 0.176. The van der Waals surface area contributed by atoms with Crippen LogP contribution >= 0.6 is 45.5 Å². The Labute approximate surface area is 173 Å². The zero-order valence-corrected chi connectivity index (χ0v) is 17.7. The number of hydrogen-bond acceptors (Lipinski definition) is 6. The molecule has 0 radical (unpaired) electrons. The molecular weight excluding hydrogens is 485 g/mol. The summed E-state index contributed by atoms with van der Waals surface area (Å²) in [5.74, 6) is 1.09. The third-order valence-electron chi connectivity index (χ3n) is 3.45. The Morgan fingerprint density at radius 3 is 2.85 bits per heavy atom. The summed E-state index contributed by atoms with van der Waals surface area (Å²) in [5.41, 5.74) is 2.45. The van der Waals surface area contributed by atoms with Crippen molar-refractivity contribution in [3.63, 3.8) is 0 Å². The minimum absolute atomic E-state index is 0.251. The monoisotopic (exact) mass is 499 g/mol. The number of benzene rings is 1. The van der Waals surface area contributed by atoms with Crippen molar-refractivity contribution in [3.05, 3.63) is 57.4 Å². The van der Waals surface area contributed by atoms with Gasteiger partial charge < -0.3 is 10.6 Å². The molecule has 9 heteroatoms. The summed E-state index contributed by atoms with van der Waals surface area (Å²) in [6.45, 7) is 3.73. The number of alkyl halides is 1. The summed E-state index contributed by atoms with van der Waals surface area (Å²) >= 11 is 9.66. The lowest BCUT2D eigenvalue weighted by molar-refractivity contribution is 0.103. The van der Waals surface area contributed by atoms with Crippen LogP contribution in [0.5, 0.6) is 0 Å². The van der Waals surface area contributed by atoms with Crippen LogP contribution in [-0.2, 0) is 4.43 Å². The van der Waals surface area contributed by atoms with Crippen LogP contribution in [0.2, 0.25) is 5.02 Å². The van der Waals surface area contributed by atoms with E-state index in [9.17, 15) is 4.79 Å². The van der Waals surface area contributed by atoms with Gasteiger partial charge in [0.05, 0.1) is 22.6 Å². The molecule has 0 aliphatic heterocycles. The molecule has 2 aromatic heterocycles. The normalized spacial score (nSPS) is 10.6. The second kappa shape index (κ2) is 8.28. The average molecular weight is 500 g/mol. The first-order chi connectivity index (χ1) is 12.5. The number of para-hydroxylation sites is 1. The molecule has 0 fully saturated rings. The molecule has 0 unspecified atom stereocenters. The first-order valence-corrected chi connectivity index (χ1v) is 10.4. The highest BCUT2D eigenvalue weighted by Gasteiger charge is 2.14. The number of carbonyl (C=O) groups excluding carboxylic acids is 1. The lowest BCUT2D eigenvalue weighted by Crippen LogP contribution is -2.11. The second-order valence-electron chi connectivity index (χ2n) is 5.47. The number of hydrogen-bond donors (Lipinski definition) is 2. The Morgan fingerprint density at radius 2 is 2.12 bits per heavy atom. The number of rotatable bonds is 5. The van der Waals surface area contributed by atoms with E-state index in [1.54, 1.807) is 6.07 Å². The summed E-state index contributed by atoms with van der Waals surface area (Å²) in [7, 11) is 0. The smallest absolute Gasteiger partial charge is 0.267 e. The Balaban J connectivity index is 1.75. The summed E-state index contributed by atoms with van der Waals surface area (Å²) in [6, 6.07) is 7.35. The highest BCUT2D eigenvalue weighted by molar-refractivity contribution is 14.1. The van der Waals surface area contributed by atoms with Gasteiger partial charge in [-0.05, 0) is 25.5 Å². The lowest BCUT2D eigenvalue weighted by atomic mass is 10.2. The summed E-state index contributed by atoms with van der Waals surface area (Å²) in [6.07, 6.45) is 1.53. The molecule has 0 atom stereocenters. The lowest BCUT2D eigenvalue weighted by Gasteiger charge is -2.08. The molecule has 1 amide bonds. The Bertz CT molecular complexity index is 942. The van der Waals surface area contributed by atoms with Crippen LogP contribution in [-0.4, -0.2) is 20.9 Å². The molecule has 0 bridgehead atoms. The molecule has 1 aromatic carbocycles. The summed E-state index contributed by atoms with van der Waals surface area (Å²) in [5, 5.41) is 7.06. The molecule has 0 spiro atoms. The molecular formula is C17H15ClIN5OS. The van der Waals surface area contributed by atoms with Crippen LogP contribution in [0.25, 0.3) is 0 Å². The molecule has 2 N–H and O–H groups in total. The van der Waals surface area contributed by atoms with Crippen molar-refractivity contribution in [2.45, 2.75) is 18.3 Å². The maximum Gasteiger partial charge on any atom is 0.267 e. The molecule has 0 aliphatic rings. The van der Waals surface area contributed by atoms with E-state index < -0.39 is 0 Å². The van der Waals surface area contributed by atoms with Crippen LogP contribution in [0.1, 0.15) is 26.8 Å². The van der Waals surface area contributed by atoms with Gasteiger partial charge in [-0.1, -0.05) is 57.7 Å². The van der Waals surface area contributed by atoms with Gasteiger partial charge in [0.25, 0.3) is 5.91 Å². The van der Waals surface area contributed by atoms with Gasteiger partial charge in [-0.25, -0.2) is 15.0 Å². The van der Waals surface area contributed by atoms with E-state index in [1.807, 2.05) is 32.0 Å². The zero-order chi connectivity index (χ0) is 18.7. The number of aromatic nitrogens is 3. The highest BCUT2D eigenvalue weighted by Crippen LogP contribution is 2.28. The van der Waals surface area contributed by atoms with Crippen LogP contribution in [0.4, 0.5) is 16.6 Å². The number of anilines is 3. The van der Waals surface area contributed by atoms with Crippen molar-refractivity contribution in [2.24, 2.45) is 0 Å². The van der Waals surface area contributed by atoms with Crippen molar-refractivity contribution >= 4 is 68.1 Å². The Morgan fingerprint density at radius 1 is 1.31 bits per heavy atom. The zero-order valence-electron chi connectivity index (χ0n) is 14.0. The minimum Gasteiger partial charge on any atom is -0.320 e. The number of aryl methyl sites for hydroxylation is 2. The Hall–Kier alpha value is -1.78. The third kappa shape index (κ3) is 4.49. The maximum atomic E-state index is 12.5. The van der Waals surface area contributed by atoms with E-state index in [0.717, 1.165) is 15.7 Å². The number of halogens is 2. The van der Waals surface area contributed by atoms with Crippen molar-refractivity contribution in [1.29, 1.82) is 0 Å². The largest absolute Gasteiger partial charge is 0.320 e. The molecule has 6 nitrogen and oxygen atoms in total. The molecule has 134 valence electrons. The fourth-order valence-electron chi connectivity index (χ4n) is 2.27. The quantitative estimate of drug-likeness (QED) is 0.376. The van der Waals surface area contributed by atoms with Gasteiger partial charge in [-0.2, -0.15) is 0 Å². The van der Waals surface area contributed by atoms with Crippen LogP contribution in [0.15, 0.2) is 30.5 Å². The number of amides is 1. The van der Waals surface area contributed by atoms with Gasteiger partial charge in [0, 0.05) is 10.5 Å². The first kappa shape index (κ1) is 19.0. The van der Waals surface area contributed by atoms with E-state index in [0.29, 0.717) is 32.4 Å². The van der Waals surface area contributed by atoms with Crippen LogP contribution < -0.4 is 10.6 Å². The van der Waals surface area contributed by atoms with E-state index in [2.05, 4.69) is 48.2 Å². The number of carbonyl (C=O) groups is 1. The van der Waals surface area contributed by atoms with E-state index in [4.69, 9.17) is 11.6 Å². The standard InChI is InChI=1S/C17H15ClIN5OS/c1-9-4-3-5-12(18)15(9)24-16(25)13-8-20-17(26-13)23-14-6-11(7-19)21-10(2)22-14/h3-6,8H,7H2,1-2H3,(H,24,25)(H,20,21,22,23). The van der Waals surface area contributed by atoms with E-state index >= 15 is 0 Å². The molecule has 3 rings (SSSR count).